The van der Waals surface area contributed by atoms with Crippen LogP contribution >= 0.6 is 0 Å². The monoisotopic (exact) mass is 465 g/mol. The first kappa shape index (κ1) is 23.6. The lowest BCUT2D eigenvalue weighted by Gasteiger charge is -2.42. The summed E-state index contributed by atoms with van der Waals surface area (Å²) in [5, 5.41) is 19.7. The first-order valence-electron chi connectivity index (χ1n) is 12.3. The van der Waals surface area contributed by atoms with Gasteiger partial charge in [0.15, 0.2) is 5.82 Å². The van der Waals surface area contributed by atoms with Crippen molar-refractivity contribution in [1.29, 1.82) is 0 Å². The van der Waals surface area contributed by atoms with Gasteiger partial charge in [0.25, 0.3) is 0 Å². The van der Waals surface area contributed by atoms with Crippen molar-refractivity contribution in [2.24, 2.45) is 17.8 Å². The molecule has 184 valence electrons. The third-order valence-corrected chi connectivity index (χ3v) is 6.50. The van der Waals surface area contributed by atoms with Gasteiger partial charge in [-0.2, -0.15) is 5.21 Å². The van der Waals surface area contributed by atoms with Crippen LogP contribution in [0.15, 0.2) is 0 Å². The van der Waals surface area contributed by atoms with Crippen LogP contribution in [0.2, 0.25) is 0 Å². The first-order chi connectivity index (χ1) is 16.2. The van der Waals surface area contributed by atoms with Crippen LogP contribution in [0.1, 0.15) is 66.5 Å². The molecule has 0 unspecified atom stereocenters. The van der Waals surface area contributed by atoms with Gasteiger partial charge < -0.3 is 20.1 Å². The van der Waals surface area contributed by atoms with E-state index in [1.165, 1.54) is 6.92 Å². The topological polar surface area (TPSA) is 148 Å². The highest BCUT2D eigenvalue weighted by Crippen LogP contribution is 2.40. The Kier molecular flexibility index (Phi) is 8.62. The van der Waals surface area contributed by atoms with Gasteiger partial charge in [-0.3, -0.25) is 9.59 Å². The molecule has 11 nitrogen and oxygen atoms in total. The Hall–Kier alpha value is -2.56. The number of hydrogen-bond acceptors (Lipinski definition) is 9. The summed E-state index contributed by atoms with van der Waals surface area (Å²) >= 11 is 0. The fourth-order valence-electron chi connectivity index (χ4n) is 4.75. The van der Waals surface area contributed by atoms with Crippen LogP contribution in [0, 0.1) is 17.8 Å². The summed E-state index contributed by atoms with van der Waals surface area (Å²) in [6.45, 7) is 5.67. The maximum atomic E-state index is 12.9. The highest BCUT2D eigenvalue weighted by atomic mass is 16.5. The van der Waals surface area contributed by atoms with Gasteiger partial charge in [0.1, 0.15) is 18.2 Å². The van der Waals surface area contributed by atoms with Gasteiger partial charge >= 0.3 is 11.9 Å². The third-order valence-electron chi connectivity index (χ3n) is 6.50. The zero-order valence-electron chi connectivity index (χ0n) is 20.6. The number of aromatic amines is 1. The lowest BCUT2D eigenvalue weighted by molar-refractivity contribution is -0.154. The van der Waals surface area contributed by atoms with Crippen LogP contribution in [0.5, 0.6) is 0 Å². The number of tetrazole rings is 1. The molecule has 2 heterocycles. The second kappa shape index (κ2) is 12.1. The Morgan fingerprint density at radius 3 is 2.79 bits per heavy atom. The number of amides is 1. The van der Waals surface area contributed by atoms with Crippen molar-refractivity contribution in [2.45, 2.75) is 83.9 Å². The molecular weight excluding hydrogens is 428 g/mol. The Bertz CT molecular complexity index is 840. The highest BCUT2D eigenvalue weighted by Gasteiger charge is 2.38. The Balaban J connectivity index is 1.46. The average Bonchev–Trinajstić information content (AvgIpc) is 3.31. The molecule has 1 aliphatic carbocycles. The van der Waals surface area contributed by atoms with Crippen LogP contribution in [0.3, 0.4) is 0 Å². The van der Waals surface area contributed by atoms with E-state index in [0.29, 0.717) is 30.6 Å². The van der Waals surface area contributed by atoms with E-state index in [4.69, 9.17) is 10.8 Å². The number of carbonyl (C=O) groups excluding carboxylic acids is 3. The summed E-state index contributed by atoms with van der Waals surface area (Å²) in [6, 6.07) is -2.31. The van der Waals surface area contributed by atoms with E-state index >= 15 is 0 Å². The number of H-pyrrole nitrogens is 1. The summed E-state index contributed by atoms with van der Waals surface area (Å²) in [6.07, 6.45) is 4.42. The van der Waals surface area contributed by atoms with Gasteiger partial charge in [0.05, 0.1) is 14.4 Å². The van der Waals surface area contributed by atoms with E-state index in [2.05, 4.69) is 31.3 Å². The average molecular weight is 466 g/mol. The molecule has 1 saturated carbocycles. The number of fused-ring (bicyclic) bond motifs is 1. The summed E-state index contributed by atoms with van der Waals surface area (Å²) in [5.41, 5.74) is 0. The molecule has 0 spiro atoms. The molecule has 1 aromatic heterocycles. The molecule has 1 aromatic rings. The van der Waals surface area contributed by atoms with Gasteiger partial charge in [0.2, 0.25) is 5.91 Å². The van der Waals surface area contributed by atoms with Gasteiger partial charge in [0, 0.05) is 6.42 Å². The van der Waals surface area contributed by atoms with Crippen molar-refractivity contribution in [3.8, 4) is 0 Å². The molecule has 0 radical (unpaired) electrons. The lowest BCUT2D eigenvalue weighted by Crippen LogP contribution is -2.50. The lowest BCUT2D eigenvalue weighted by atomic mass is 9.69. The molecule has 0 aromatic carbocycles. The van der Waals surface area contributed by atoms with Crippen molar-refractivity contribution in [2.75, 3.05) is 13.2 Å². The number of aryl methyl sites for hydroxylation is 1. The van der Waals surface area contributed by atoms with Crippen molar-refractivity contribution >= 4 is 17.8 Å². The van der Waals surface area contributed by atoms with Crippen LogP contribution in [-0.4, -0.2) is 69.8 Å². The molecule has 1 amide bonds. The number of nitrogens with zero attached hydrogens (tertiary/aromatic N) is 3. The second-order valence-corrected chi connectivity index (χ2v) is 9.09. The molecular formula is C22H36N6O5. The molecule has 6 atom stereocenters. The predicted molar refractivity (Wildman–Crippen MR) is 118 cm³/mol. The second-order valence-electron chi connectivity index (χ2n) is 9.09. The number of hydrogen-bond donors (Lipinski definition) is 3. The minimum Gasteiger partial charge on any atom is -0.464 e. The summed E-state index contributed by atoms with van der Waals surface area (Å²) in [4.78, 5) is 36.7. The standard InChI is InChI=1S/C22H36N6O5/c1-4-32-21(30)14(3)24-20(29)9-13(2)33-22(31)18-11-17-10-15(5-7-16(17)12-23-18)6-8-19-25-27-28-26-19/h13-18,23H,4-12H2,1-3H3,(H,24,29)(H,25,26,27,28)/t13-,14+,15+,16-,17+,18-/m0/s1/i18D. The highest BCUT2D eigenvalue weighted by molar-refractivity contribution is 5.84. The minimum absolute atomic E-state index is 0.101. The summed E-state index contributed by atoms with van der Waals surface area (Å²) < 4.78 is 19.1. The van der Waals surface area contributed by atoms with Crippen LogP contribution in [0.25, 0.3) is 0 Å². The number of aromatic nitrogens is 4. The molecule has 1 saturated heterocycles. The molecule has 3 N–H and O–H groups in total. The smallest absolute Gasteiger partial charge is 0.328 e. The van der Waals surface area contributed by atoms with E-state index in [1.54, 1.807) is 13.8 Å². The Morgan fingerprint density at radius 1 is 1.24 bits per heavy atom. The fraction of sp³-hybridized carbons (Fsp3) is 0.818. The van der Waals surface area contributed by atoms with Gasteiger partial charge in [-0.15, -0.1) is 10.2 Å². The Labute approximate surface area is 195 Å². The number of carbonyl (C=O) groups is 3. The van der Waals surface area contributed by atoms with Gasteiger partial charge in [-0.05, 0) is 70.8 Å². The molecule has 0 bridgehead atoms. The number of rotatable bonds is 10. The van der Waals surface area contributed by atoms with Crippen molar-refractivity contribution in [3.05, 3.63) is 5.82 Å². The molecule has 1 aliphatic heterocycles. The van der Waals surface area contributed by atoms with E-state index in [-0.39, 0.29) is 18.9 Å². The van der Waals surface area contributed by atoms with Crippen molar-refractivity contribution in [1.82, 2.24) is 31.3 Å². The maximum Gasteiger partial charge on any atom is 0.328 e. The Morgan fingerprint density at radius 2 is 2.06 bits per heavy atom. The van der Waals surface area contributed by atoms with Crippen LogP contribution < -0.4 is 10.6 Å². The molecule has 2 aliphatic rings. The number of ether oxygens (including phenoxy) is 2. The number of nitrogens with one attached hydrogen (secondary N) is 3. The van der Waals surface area contributed by atoms with Crippen LogP contribution in [0.4, 0.5) is 0 Å². The molecule has 33 heavy (non-hydrogen) atoms. The summed E-state index contributed by atoms with van der Waals surface area (Å²) in [7, 11) is 0. The molecule has 3 rings (SSSR count). The molecule has 11 heteroatoms. The maximum absolute atomic E-state index is 12.9. The van der Waals surface area contributed by atoms with E-state index in [1.807, 2.05) is 0 Å². The van der Waals surface area contributed by atoms with Gasteiger partial charge in [-0.1, -0.05) is 11.6 Å². The fourth-order valence-corrected chi connectivity index (χ4v) is 4.75. The van der Waals surface area contributed by atoms with Gasteiger partial charge in [-0.25, -0.2) is 4.79 Å². The minimum atomic E-state index is -1.53. The van der Waals surface area contributed by atoms with E-state index in [9.17, 15) is 14.4 Å². The summed E-state index contributed by atoms with van der Waals surface area (Å²) in [5.74, 6) is 0.309. The molecule has 2 fully saturated rings. The quantitative estimate of drug-likeness (QED) is 0.429. The predicted octanol–water partition coefficient (Wildman–Crippen LogP) is 0.916. The van der Waals surface area contributed by atoms with E-state index in [0.717, 1.165) is 32.1 Å². The number of esters is 2. The third kappa shape index (κ3) is 7.48. The zero-order valence-corrected chi connectivity index (χ0v) is 19.6. The zero-order chi connectivity index (χ0) is 24.7. The number of piperidine rings is 1. The van der Waals surface area contributed by atoms with Crippen molar-refractivity contribution in [3.63, 3.8) is 0 Å². The normalized spacial score (nSPS) is 29.2. The first-order valence-corrected chi connectivity index (χ1v) is 11.8. The van der Waals surface area contributed by atoms with Crippen molar-refractivity contribution < 1.29 is 25.2 Å². The van der Waals surface area contributed by atoms with Crippen LogP contribution in [-0.2, 0) is 30.3 Å². The van der Waals surface area contributed by atoms with E-state index < -0.39 is 36.0 Å². The SMILES string of the molecule is [2H][C@@]1(C(=O)O[C@@H](C)CC(=O)N[C@H](C)C(=O)OCC)C[C@H]2C[C@@H](CCc3nn[nH]n3)CC[C@H]2CN1. The largest absolute Gasteiger partial charge is 0.464 e.